The first-order chi connectivity index (χ1) is 16.5. The molecule has 0 bridgehead atoms. The zero-order chi connectivity index (χ0) is 24.1. The molecule has 3 aromatic rings. The first kappa shape index (κ1) is 23.5. The van der Waals surface area contributed by atoms with Gasteiger partial charge in [0, 0.05) is 24.5 Å². The molecule has 0 spiro atoms. The minimum Gasteiger partial charge on any atom is -0.495 e. The number of ether oxygens (including phenoxy) is 2. The Hall–Kier alpha value is -3.63. The molecule has 178 valence electrons. The van der Waals surface area contributed by atoms with Crippen molar-refractivity contribution in [2.75, 3.05) is 35.9 Å². The zero-order valence-electron chi connectivity index (χ0n) is 18.7. The van der Waals surface area contributed by atoms with Crippen LogP contribution >= 0.6 is 11.6 Å². The summed E-state index contributed by atoms with van der Waals surface area (Å²) in [5.74, 6) is -0.129. The first-order valence-electron chi connectivity index (χ1n) is 10.7. The van der Waals surface area contributed by atoms with E-state index in [1.165, 1.54) is 7.11 Å². The third kappa shape index (κ3) is 5.46. The minimum absolute atomic E-state index is 0.00220. The van der Waals surface area contributed by atoms with Crippen LogP contribution in [-0.2, 0) is 16.1 Å². The van der Waals surface area contributed by atoms with Gasteiger partial charge in [0.25, 0.3) is 0 Å². The van der Waals surface area contributed by atoms with Crippen molar-refractivity contribution in [3.05, 3.63) is 59.0 Å². The molecule has 2 heterocycles. The molecule has 1 aliphatic heterocycles. The maximum absolute atomic E-state index is 14.4. The second kappa shape index (κ2) is 10.5. The van der Waals surface area contributed by atoms with E-state index in [-0.39, 0.29) is 24.2 Å². The van der Waals surface area contributed by atoms with Crippen LogP contribution in [-0.4, -0.2) is 36.2 Å². The van der Waals surface area contributed by atoms with Crippen LogP contribution in [0.2, 0.25) is 5.02 Å². The van der Waals surface area contributed by atoms with Crippen molar-refractivity contribution in [2.45, 2.75) is 19.9 Å². The number of carbonyl (C=O) groups is 1. The Balaban J connectivity index is 1.48. The van der Waals surface area contributed by atoms with E-state index in [4.69, 9.17) is 21.1 Å². The van der Waals surface area contributed by atoms with Gasteiger partial charge in [0.15, 0.2) is 11.6 Å². The Morgan fingerprint density at radius 1 is 1.24 bits per heavy atom. The molecule has 0 aliphatic carbocycles. The molecule has 0 amide bonds. The van der Waals surface area contributed by atoms with Crippen LogP contribution < -0.4 is 25.8 Å². The highest BCUT2D eigenvalue weighted by atomic mass is 35.5. The van der Waals surface area contributed by atoms with Crippen molar-refractivity contribution in [3.8, 4) is 5.75 Å². The Morgan fingerprint density at radius 3 is 2.79 bits per heavy atom. The first-order valence-corrected chi connectivity index (χ1v) is 11.0. The highest BCUT2D eigenvalue weighted by Gasteiger charge is 2.20. The molecule has 34 heavy (non-hydrogen) atoms. The maximum Gasteiger partial charge on any atom is 0.307 e. The van der Waals surface area contributed by atoms with Gasteiger partial charge >= 0.3 is 5.97 Å². The molecule has 2 aromatic carbocycles. The Bertz CT molecular complexity index is 1200. The van der Waals surface area contributed by atoms with E-state index in [1.54, 1.807) is 25.1 Å². The fraction of sp³-hybridized carbons (Fsp3) is 0.261. The third-order valence-electron chi connectivity index (χ3n) is 5.10. The minimum atomic E-state index is -0.610. The number of hydrazine groups is 1. The molecular weight excluding hydrogens is 463 g/mol. The highest BCUT2D eigenvalue weighted by Crippen LogP contribution is 2.31. The van der Waals surface area contributed by atoms with Crippen molar-refractivity contribution in [2.24, 2.45) is 0 Å². The molecule has 0 saturated heterocycles. The van der Waals surface area contributed by atoms with E-state index in [0.29, 0.717) is 41.8 Å². The molecule has 0 saturated carbocycles. The molecule has 0 unspecified atom stereocenters. The average Bonchev–Trinajstić information content (AvgIpc) is 3.22. The molecule has 0 atom stereocenters. The second-order valence-corrected chi connectivity index (χ2v) is 7.78. The lowest BCUT2D eigenvalue weighted by Crippen LogP contribution is -2.34. The van der Waals surface area contributed by atoms with Gasteiger partial charge in [-0.15, -0.1) is 0 Å². The topological polar surface area (TPSA) is 101 Å². The lowest BCUT2D eigenvalue weighted by molar-refractivity contribution is -0.142. The van der Waals surface area contributed by atoms with Crippen LogP contribution in [0.15, 0.2) is 42.6 Å². The largest absolute Gasteiger partial charge is 0.495 e. The van der Waals surface area contributed by atoms with Crippen LogP contribution in [0.25, 0.3) is 0 Å². The number of carbonyl (C=O) groups excluding carboxylic acids is 1. The van der Waals surface area contributed by atoms with Crippen molar-refractivity contribution >= 4 is 46.4 Å². The predicted octanol–water partition coefficient (Wildman–Crippen LogP) is 4.54. The van der Waals surface area contributed by atoms with Crippen LogP contribution in [0.1, 0.15) is 18.9 Å². The number of hydrogen-bond acceptors (Lipinski definition) is 9. The molecule has 9 nitrogen and oxygen atoms in total. The number of esters is 1. The van der Waals surface area contributed by atoms with E-state index in [0.717, 1.165) is 17.4 Å². The van der Waals surface area contributed by atoms with Gasteiger partial charge in [-0.2, -0.15) is 4.98 Å². The highest BCUT2D eigenvalue weighted by molar-refractivity contribution is 6.32. The van der Waals surface area contributed by atoms with Gasteiger partial charge in [-0.1, -0.05) is 17.7 Å². The number of methoxy groups -OCH3 is 1. The monoisotopic (exact) mass is 486 g/mol. The number of benzene rings is 2. The van der Waals surface area contributed by atoms with Gasteiger partial charge in [0.05, 0.1) is 37.0 Å². The van der Waals surface area contributed by atoms with E-state index in [9.17, 15) is 9.18 Å². The number of fused-ring (bicyclic) bond motifs is 1. The normalized spacial score (nSPS) is 12.3. The molecule has 1 aliphatic rings. The number of rotatable bonds is 9. The summed E-state index contributed by atoms with van der Waals surface area (Å²) in [5.41, 5.74) is 6.55. The van der Waals surface area contributed by atoms with Gasteiger partial charge in [-0.05, 0) is 42.8 Å². The van der Waals surface area contributed by atoms with E-state index in [2.05, 4.69) is 26.0 Å². The maximum atomic E-state index is 14.4. The molecule has 0 fully saturated rings. The van der Waals surface area contributed by atoms with Crippen molar-refractivity contribution in [3.63, 3.8) is 0 Å². The number of aromatic nitrogens is 2. The van der Waals surface area contributed by atoms with Crippen LogP contribution in [0.4, 0.5) is 33.2 Å². The summed E-state index contributed by atoms with van der Waals surface area (Å²) in [6.07, 6.45) is 1.35. The number of halogens is 2. The van der Waals surface area contributed by atoms with Crippen LogP contribution in [0.3, 0.4) is 0 Å². The van der Waals surface area contributed by atoms with Gasteiger partial charge in [-0.25, -0.2) is 14.8 Å². The average molecular weight is 487 g/mol. The fourth-order valence-corrected chi connectivity index (χ4v) is 3.73. The summed E-state index contributed by atoms with van der Waals surface area (Å²) < 4.78 is 24.5. The van der Waals surface area contributed by atoms with Crippen LogP contribution in [0, 0.1) is 5.82 Å². The summed E-state index contributed by atoms with van der Waals surface area (Å²) >= 11 is 6.15. The lowest BCUT2D eigenvalue weighted by atomic mass is 10.1. The van der Waals surface area contributed by atoms with Crippen molar-refractivity contribution in [1.29, 1.82) is 0 Å². The number of nitrogens with zero attached hydrogens (tertiary/aromatic N) is 3. The summed E-state index contributed by atoms with van der Waals surface area (Å²) in [5, 5.41) is 8.30. The number of nitrogens with one attached hydrogen (secondary N) is 3. The van der Waals surface area contributed by atoms with E-state index < -0.39 is 5.82 Å². The van der Waals surface area contributed by atoms with Gasteiger partial charge in [0.1, 0.15) is 5.75 Å². The second-order valence-electron chi connectivity index (χ2n) is 7.37. The molecular formula is C23H24ClFN6O3. The summed E-state index contributed by atoms with van der Waals surface area (Å²) in [6.45, 7) is 3.27. The van der Waals surface area contributed by atoms with Gasteiger partial charge < -0.3 is 25.1 Å². The molecule has 1 aromatic heterocycles. The predicted molar refractivity (Wildman–Crippen MR) is 128 cm³/mol. The quantitative estimate of drug-likeness (QED) is 0.376. The molecule has 3 N–H and O–H groups in total. The Labute approximate surface area is 201 Å². The smallest absolute Gasteiger partial charge is 0.307 e. The van der Waals surface area contributed by atoms with Gasteiger partial charge in [0.2, 0.25) is 5.95 Å². The Morgan fingerprint density at radius 2 is 2.03 bits per heavy atom. The summed E-state index contributed by atoms with van der Waals surface area (Å²) in [7, 11) is 1.52. The van der Waals surface area contributed by atoms with E-state index >= 15 is 0 Å². The molecule has 0 radical (unpaired) electrons. The SMILES string of the molecule is CCOC(=O)CCN1NCc2ccc(Nc3ncc(F)c(Nc4ccc(OC)c(Cl)c4)n3)cc21. The summed E-state index contributed by atoms with van der Waals surface area (Å²) in [6, 6.07) is 10.8. The van der Waals surface area contributed by atoms with E-state index in [1.807, 2.05) is 23.2 Å². The summed E-state index contributed by atoms with van der Waals surface area (Å²) in [4.78, 5) is 20.0. The number of anilines is 5. The third-order valence-corrected chi connectivity index (χ3v) is 5.39. The fourth-order valence-electron chi connectivity index (χ4n) is 3.47. The van der Waals surface area contributed by atoms with Crippen molar-refractivity contribution in [1.82, 2.24) is 15.4 Å². The van der Waals surface area contributed by atoms with Crippen molar-refractivity contribution < 1.29 is 18.7 Å². The van der Waals surface area contributed by atoms with Crippen LogP contribution in [0.5, 0.6) is 5.75 Å². The Kier molecular flexibility index (Phi) is 7.29. The molecule has 4 rings (SSSR count). The van der Waals surface area contributed by atoms with Gasteiger partial charge in [-0.3, -0.25) is 4.79 Å². The lowest BCUT2D eigenvalue weighted by Gasteiger charge is -2.19. The zero-order valence-corrected chi connectivity index (χ0v) is 19.4. The number of hydrogen-bond donors (Lipinski definition) is 3. The standard InChI is InChI=1S/C23H24ClFN6O3/c1-3-34-21(32)8-9-31-19-11-16(5-4-14(19)12-27-31)29-23-26-13-18(25)22(30-23)28-15-6-7-20(33-2)17(24)10-15/h4-7,10-11,13,27H,3,8-9,12H2,1-2H3,(H2,26,28,29,30). The molecule has 11 heteroatoms.